The van der Waals surface area contributed by atoms with Gasteiger partial charge >= 0.3 is 0 Å². The number of nitrogens with zero attached hydrogens (tertiary/aromatic N) is 2. The van der Waals surface area contributed by atoms with Gasteiger partial charge in [-0.3, -0.25) is 9.59 Å². The second-order valence-corrected chi connectivity index (χ2v) is 5.29. The van der Waals surface area contributed by atoms with E-state index in [1.165, 1.54) is 5.69 Å². The summed E-state index contributed by atoms with van der Waals surface area (Å²) in [4.78, 5) is 27.8. The zero-order chi connectivity index (χ0) is 15.2. The summed E-state index contributed by atoms with van der Waals surface area (Å²) in [6, 6.07) is 9.77. The summed E-state index contributed by atoms with van der Waals surface area (Å²) in [6.45, 7) is 6.57. The first kappa shape index (κ1) is 15.4. The number of carbonyl (C=O) groups is 2. The van der Waals surface area contributed by atoms with Crippen LogP contribution >= 0.6 is 0 Å². The van der Waals surface area contributed by atoms with Gasteiger partial charge in [0.2, 0.25) is 11.8 Å². The van der Waals surface area contributed by atoms with Crippen molar-refractivity contribution in [2.24, 2.45) is 0 Å². The van der Waals surface area contributed by atoms with Crippen LogP contribution in [0.3, 0.4) is 0 Å². The Labute approximate surface area is 125 Å². The van der Waals surface area contributed by atoms with Crippen LogP contribution < -0.4 is 10.2 Å². The number of piperazine rings is 1. The van der Waals surface area contributed by atoms with Crippen molar-refractivity contribution in [2.75, 3.05) is 31.1 Å². The maximum atomic E-state index is 12.3. The van der Waals surface area contributed by atoms with Gasteiger partial charge in [-0.1, -0.05) is 25.1 Å². The largest absolute Gasteiger partial charge is 0.368 e. The summed E-state index contributed by atoms with van der Waals surface area (Å²) < 4.78 is 0. The number of carbonyl (C=O) groups excluding carboxylic acids is 2. The van der Waals surface area contributed by atoms with Gasteiger partial charge in [0.05, 0.1) is 0 Å². The van der Waals surface area contributed by atoms with E-state index >= 15 is 0 Å². The van der Waals surface area contributed by atoms with Crippen LogP contribution in [0.15, 0.2) is 30.3 Å². The van der Waals surface area contributed by atoms with Crippen LogP contribution in [0.1, 0.15) is 20.3 Å². The van der Waals surface area contributed by atoms with E-state index in [1.54, 1.807) is 13.8 Å². The average Bonchev–Trinajstić information content (AvgIpc) is 2.55. The van der Waals surface area contributed by atoms with Gasteiger partial charge in [-0.25, -0.2) is 0 Å². The molecule has 1 N–H and O–H groups in total. The highest BCUT2D eigenvalue weighted by Gasteiger charge is 2.25. The molecule has 1 aromatic carbocycles. The van der Waals surface area contributed by atoms with Crippen LogP contribution in [0.5, 0.6) is 0 Å². The lowest BCUT2D eigenvalue weighted by molar-refractivity contribution is -0.136. The lowest BCUT2D eigenvalue weighted by Gasteiger charge is -2.37. The highest BCUT2D eigenvalue weighted by Crippen LogP contribution is 2.15. The number of rotatable bonds is 4. The van der Waals surface area contributed by atoms with Crippen molar-refractivity contribution in [1.82, 2.24) is 10.2 Å². The van der Waals surface area contributed by atoms with Crippen molar-refractivity contribution < 1.29 is 9.59 Å². The minimum Gasteiger partial charge on any atom is -0.368 e. The summed E-state index contributed by atoms with van der Waals surface area (Å²) in [5, 5.41) is 2.73. The molecule has 2 rings (SSSR count). The Hall–Kier alpha value is -2.04. The summed E-state index contributed by atoms with van der Waals surface area (Å²) in [5.74, 6) is -0.0803. The second kappa shape index (κ2) is 7.11. The second-order valence-electron chi connectivity index (χ2n) is 5.29. The summed E-state index contributed by atoms with van der Waals surface area (Å²) >= 11 is 0. The molecule has 1 atom stereocenters. The van der Waals surface area contributed by atoms with E-state index in [4.69, 9.17) is 0 Å². The molecule has 0 aliphatic carbocycles. The number of para-hydroxylation sites is 1. The number of amides is 2. The van der Waals surface area contributed by atoms with Gasteiger partial charge in [0.15, 0.2) is 0 Å². The Kier molecular flexibility index (Phi) is 5.20. The molecule has 1 aliphatic rings. The van der Waals surface area contributed by atoms with E-state index in [1.807, 2.05) is 23.1 Å². The molecule has 0 radical (unpaired) electrons. The van der Waals surface area contributed by atoms with Crippen LogP contribution in [0.2, 0.25) is 0 Å². The molecule has 114 valence electrons. The predicted octanol–water partition coefficient (Wildman–Crippen LogP) is 1.25. The Morgan fingerprint density at radius 2 is 1.76 bits per heavy atom. The lowest BCUT2D eigenvalue weighted by Crippen LogP contribution is -2.54. The number of nitrogens with one attached hydrogen (secondary N) is 1. The molecule has 0 unspecified atom stereocenters. The quantitative estimate of drug-likeness (QED) is 0.907. The minimum absolute atomic E-state index is 0.00418. The van der Waals surface area contributed by atoms with E-state index in [0.29, 0.717) is 19.5 Å². The maximum Gasteiger partial charge on any atom is 0.244 e. The molecule has 0 saturated carbocycles. The zero-order valence-corrected chi connectivity index (χ0v) is 12.7. The molecule has 21 heavy (non-hydrogen) atoms. The maximum absolute atomic E-state index is 12.3. The first-order chi connectivity index (χ1) is 10.1. The fraction of sp³-hybridized carbons (Fsp3) is 0.500. The SMILES string of the molecule is CCC(=O)N[C@@H](C)C(=O)N1CCN(c2ccccc2)CC1. The first-order valence-electron chi connectivity index (χ1n) is 7.50. The number of anilines is 1. The summed E-state index contributed by atoms with van der Waals surface area (Å²) in [7, 11) is 0. The normalized spacial score (nSPS) is 16.5. The van der Waals surface area contributed by atoms with Crippen LogP contribution in [-0.4, -0.2) is 48.9 Å². The number of hydrogen-bond acceptors (Lipinski definition) is 3. The standard InChI is InChI=1S/C16H23N3O2/c1-3-15(20)17-13(2)16(21)19-11-9-18(10-12-19)14-7-5-4-6-8-14/h4-8,13H,3,9-12H2,1-2H3,(H,17,20)/t13-/m0/s1. The molecule has 1 fully saturated rings. The van der Waals surface area contributed by atoms with E-state index in [2.05, 4.69) is 22.3 Å². The smallest absolute Gasteiger partial charge is 0.244 e. The molecule has 1 saturated heterocycles. The monoisotopic (exact) mass is 289 g/mol. The van der Waals surface area contributed by atoms with Gasteiger partial charge in [-0.2, -0.15) is 0 Å². The van der Waals surface area contributed by atoms with Gasteiger partial charge in [0.1, 0.15) is 6.04 Å². The van der Waals surface area contributed by atoms with Gasteiger partial charge in [-0.05, 0) is 19.1 Å². The van der Waals surface area contributed by atoms with Crippen LogP contribution in [-0.2, 0) is 9.59 Å². The molecular formula is C16H23N3O2. The Morgan fingerprint density at radius 1 is 1.14 bits per heavy atom. The summed E-state index contributed by atoms with van der Waals surface area (Å²) in [6.07, 6.45) is 0.402. The van der Waals surface area contributed by atoms with Crippen molar-refractivity contribution in [3.63, 3.8) is 0 Å². The summed E-state index contributed by atoms with van der Waals surface area (Å²) in [5.41, 5.74) is 1.19. The van der Waals surface area contributed by atoms with E-state index in [0.717, 1.165) is 13.1 Å². The lowest BCUT2D eigenvalue weighted by atomic mass is 10.2. The van der Waals surface area contributed by atoms with Gasteiger partial charge in [0.25, 0.3) is 0 Å². The predicted molar refractivity (Wildman–Crippen MR) is 83.1 cm³/mol. The molecule has 2 amide bonds. The third-order valence-corrected chi connectivity index (χ3v) is 3.78. The van der Waals surface area contributed by atoms with Gasteiger partial charge in [0, 0.05) is 38.3 Å². The van der Waals surface area contributed by atoms with E-state index in [-0.39, 0.29) is 11.8 Å². The van der Waals surface area contributed by atoms with Crippen molar-refractivity contribution in [3.8, 4) is 0 Å². The first-order valence-corrected chi connectivity index (χ1v) is 7.50. The number of hydrogen-bond donors (Lipinski definition) is 1. The number of benzene rings is 1. The third-order valence-electron chi connectivity index (χ3n) is 3.78. The molecule has 1 aliphatic heterocycles. The fourth-order valence-corrected chi connectivity index (χ4v) is 2.50. The third kappa shape index (κ3) is 3.97. The molecule has 0 spiro atoms. The molecule has 5 heteroatoms. The Morgan fingerprint density at radius 3 is 2.33 bits per heavy atom. The Bertz CT molecular complexity index is 482. The molecule has 5 nitrogen and oxygen atoms in total. The van der Waals surface area contributed by atoms with Crippen LogP contribution in [0.25, 0.3) is 0 Å². The van der Waals surface area contributed by atoms with Crippen molar-refractivity contribution in [1.29, 1.82) is 0 Å². The van der Waals surface area contributed by atoms with Crippen molar-refractivity contribution >= 4 is 17.5 Å². The highest BCUT2D eigenvalue weighted by molar-refractivity contribution is 5.87. The molecule has 1 aromatic rings. The molecule has 1 heterocycles. The fourth-order valence-electron chi connectivity index (χ4n) is 2.50. The van der Waals surface area contributed by atoms with Crippen LogP contribution in [0, 0.1) is 0 Å². The van der Waals surface area contributed by atoms with Crippen molar-refractivity contribution in [3.05, 3.63) is 30.3 Å². The topological polar surface area (TPSA) is 52.7 Å². The minimum atomic E-state index is -0.444. The van der Waals surface area contributed by atoms with Crippen LogP contribution in [0.4, 0.5) is 5.69 Å². The average molecular weight is 289 g/mol. The molecular weight excluding hydrogens is 266 g/mol. The highest BCUT2D eigenvalue weighted by atomic mass is 16.2. The van der Waals surface area contributed by atoms with Crippen molar-refractivity contribution in [2.45, 2.75) is 26.3 Å². The van der Waals surface area contributed by atoms with E-state index in [9.17, 15) is 9.59 Å². The molecule has 0 bridgehead atoms. The van der Waals surface area contributed by atoms with Gasteiger partial charge in [-0.15, -0.1) is 0 Å². The van der Waals surface area contributed by atoms with Gasteiger partial charge < -0.3 is 15.1 Å². The Balaban J connectivity index is 1.86. The van der Waals surface area contributed by atoms with E-state index < -0.39 is 6.04 Å². The zero-order valence-electron chi connectivity index (χ0n) is 12.7. The molecule has 0 aromatic heterocycles.